The van der Waals surface area contributed by atoms with E-state index in [2.05, 4.69) is 24.2 Å². The second-order valence-corrected chi connectivity index (χ2v) is 6.50. The minimum Gasteiger partial charge on any atom is -0.354 e. The van der Waals surface area contributed by atoms with E-state index in [0.29, 0.717) is 12.6 Å². The largest absolute Gasteiger partial charge is 0.354 e. The first-order valence-electron chi connectivity index (χ1n) is 7.79. The molecule has 4 nitrogen and oxygen atoms in total. The van der Waals surface area contributed by atoms with Gasteiger partial charge in [-0.3, -0.25) is 9.69 Å². The molecule has 1 unspecified atom stereocenters. The number of carbonyl (C=O) groups is 1. The monoisotopic (exact) mass is 267 g/mol. The predicted molar refractivity (Wildman–Crippen MR) is 77.8 cm³/mol. The quantitative estimate of drug-likeness (QED) is 0.766. The summed E-state index contributed by atoms with van der Waals surface area (Å²) in [5.74, 6) is 0.186. The van der Waals surface area contributed by atoms with Gasteiger partial charge in [0.2, 0.25) is 5.91 Å². The second-order valence-electron chi connectivity index (χ2n) is 6.50. The van der Waals surface area contributed by atoms with E-state index in [-0.39, 0.29) is 11.3 Å². The van der Waals surface area contributed by atoms with E-state index in [0.717, 1.165) is 38.3 Å². The van der Waals surface area contributed by atoms with Gasteiger partial charge in [-0.05, 0) is 39.7 Å². The van der Waals surface area contributed by atoms with Crippen molar-refractivity contribution in [1.29, 1.82) is 0 Å². The molecular weight excluding hydrogens is 238 g/mol. The fraction of sp³-hybridized carbons (Fsp3) is 0.933. The lowest BCUT2D eigenvalue weighted by Gasteiger charge is -2.35. The van der Waals surface area contributed by atoms with Gasteiger partial charge in [0.05, 0.1) is 5.41 Å². The van der Waals surface area contributed by atoms with Gasteiger partial charge < -0.3 is 11.1 Å². The summed E-state index contributed by atoms with van der Waals surface area (Å²) in [6.07, 6.45) is 8.06. The number of amides is 1. The van der Waals surface area contributed by atoms with Crippen LogP contribution in [0, 0.1) is 5.41 Å². The molecule has 4 heteroatoms. The van der Waals surface area contributed by atoms with E-state index in [1.165, 1.54) is 19.3 Å². The third-order valence-electron chi connectivity index (χ3n) is 5.06. The van der Waals surface area contributed by atoms with Crippen LogP contribution in [0.25, 0.3) is 0 Å². The van der Waals surface area contributed by atoms with E-state index in [1.54, 1.807) is 0 Å². The summed E-state index contributed by atoms with van der Waals surface area (Å²) >= 11 is 0. The molecule has 3 N–H and O–H groups in total. The summed E-state index contributed by atoms with van der Waals surface area (Å²) in [6, 6.07) is 1.15. The van der Waals surface area contributed by atoms with Gasteiger partial charge in [-0.15, -0.1) is 0 Å². The van der Waals surface area contributed by atoms with E-state index >= 15 is 0 Å². The molecule has 0 aromatic carbocycles. The van der Waals surface area contributed by atoms with E-state index in [1.807, 2.05) is 0 Å². The molecule has 0 aromatic rings. The van der Waals surface area contributed by atoms with Crippen LogP contribution in [-0.2, 0) is 4.79 Å². The standard InChI is InChI=1S/C15H29N3O/c1-12(18(2)13-6-7-13)10-17-14(19)15(11-16)8-4-3-5-9-15/h12-13H,3-11,16H2,1-2H3,(H,17,19). The van der Waals surface area contributed by atoms with Crippen molar-refractivity contribution in [1.82, 2.24) is 10.2 Å². The van der Waals surface area contributed by atoms with E-state index < -0.39 is 0 Å². The highest BCUT2D eigenvalue weighted by molar-refractivity contribution is 5.83. The molecule has 0 radical (unpaired) electrons. The molecule has 2 aliphatic carbocycles. The lowest BCUT2D eigenvalue weighted by Crippen LogP contribution is -2.50. The highest BCUT2D eigenvalue weighted by Gasteiger charge is 2.38. The Kier molecular flexibility index (Phi) is 4.85. The highest BCUT2D eigenvalue weighted by atomic mass is 16.2. The summed E-state index contributed by atoms with van der Waals surface area (Å²) in [5, 5.41) is 3.15. The molecule has 2 aliphatic rings. The maximum absolute atomic E-state index is 12.5. The van der Waals surface area contributed by atoms with Crippen LogP contribution in [0.4, 0.5) is 0 Å². The second kappa shape index (κ2) is 6.23. The Morgan fingerprint density at radius 1 is 1.37 bits per heavy atom. The maximum Gasteiger partial charge on any atom is 0.227 e. The van der Waals surface area contributed by atoms with Crippen molar-refractivity contribution in [2.75, 3.05) is 20.1 Å². The molecular formula is C15H29N3O. The number of hydrogen-bond acceptors (Lipinski definition) is 3. The molecule has 0 saturated heterocycles. The molecule has 0 spiro atoms. The van der Waals surface area contributed by atoms with Crippen LogP contribution in [-0.4, -0.2) is 43.0 Å². The fourth-order valence-corrected chi connectivity index (χ4v) is 3.17. The smallest absolute Gasteiger partial charge is 0.227 e. The fourth-order valence-electron chi connectivity index (χ4n) is 3.17. The average Bonchev–Trinajstić information content (AvgIpc) is 3.28. The van der Waals surface area contributed by atoms with E-state index in [4.69, 9.17) is 5.73 Å². The predicted octanol–water partition coefficient (Wildman–Crippen LogP) is 1.49. The number of hydrogen-bond donors (Lipinski definition) is 2. The number of nitrogens with two attached hydrogens (primary N) is 1. The maximum atomic E-state index is 12.5. The zero-order chi connectivity index (χ0) is 13.9. The van der Waals surface area contributed by atoms with Crippen LogP contribution in [0.1, 0.15) is 51.9 Å². The van der Waals surface area contributed by atoms with Crippen LogP contribution in [0.5, 0.6) is 0 Å². The Balaban J connectivity index is 1.81. The summed E-state index contributed by atoms with van der Waals surface area (Å²) < 4.78 is 0. The molecule has 2 rings (SSSR count). The van der Waals surface area contributed by atoms with Gasteiger partial charge in [-0.1, -0.05) is 19.3 Å². The van der Waals surface area contributed by atoms with Crippen LogP contribution >= 0.6 is 0 Å². The third-order valence-corrected chi connectivity index (χ3v) is 5.06. The van der Waals surface area contributed by atoms with Gasteiger partial charge in [0.1, 0.15) is 0 Å². The number of likely N-dealkylation sites (N-methyl/N-ethyl adjacent to an activating group) is 1. The molecule has 0 aliphatic heterocycles. The van der Waals surface area contributed by atoms with Crippen molar-refractivity contribution < 1.29 is 4.79 Å². The minimum atomic E-state index is -0.282. The number of nitrogens with one attached hydrogen (secondary N) is 1. The summed E-state index contributed by atoms with van der Waals surface area (Å²) in [7, 11) is 2.16. The highest BCUT2D eigenvalue weighted by Crippen LogP contribution is 2.35. The summed E-state index contributed by atoms with van der Waals surface area (Å²) in [5.41, 5.74) is 5.61. The molecule has 0 bridgehead atoms. The Morgan fingerprint density at radius 3 is 2.53 bits per heavy atom. The van der Waals surface area contributed by atoms with Crippen LogP contribution in [0.2, 0.25) is 0 Å². The SMILES string of the molecule is CC(CNC(=O)C1(CN)CCCCC1)N(C)C1CC1. The van der Waals surface area contributed by atoms with Gasteiger partial charge in [0, 0.05) is 25.2 Å². The van der Waals surface area contributed by atoms with Crippen molar-refractivity contribution in [3.8, 4) is 0 Å². The van der Waals surface area contributed by atoms with Crippen molar-refractivity contribution in [2.45, 2.75) is 64.0 Å². The van der Waals surface area contributed by atoms with Gasteiger partial charge in [-0.25, -0.2) is 0 Å². The Labute approximate surface area is 117 Å². The van der Waals surface area contributed by atoms with Crippen molar-refractivity contribution in [3.05, 3.63) is 0 Å². The molecule has 2 saturated carbocycles. The molecule has 0 heterocycles. The zero-order valence-electron chi connectivity index (χ0n) is 12.5. The van der Waals surface area contributed by atoms with Crippen molar-refractivity contribution in [3.63, 3.8) is 0 Å². The summed E-state index contributed by atoms with van der Waals surface area (Å²) in [6.45, 7) is 3.42. The first-order valence-corrected chi connectivity index (χ1v) is 7.79. The number of rotatable bonds is 6. The van der Waals surface area contributed by atoms with Crippen molar-refractivity contribution >= 4 is 5.91 Å². The molecule has 0 aromatic heterocycles. The summed E-state index contributed by atoms with van der Waals surface area (Å²) in [4.78, 5) is 14.8. The van der Waals surface area contributed by atoms with Crippen LogP contribution in [0.3, 0.4) is 0 Å². The van der Waals surface area contributed by atoms with Gasteiger partial charge in [-0.2, -0.15) is 0 Å². The van der Waals surface area contributed by atoms with Crippen molar-refractivity contribution in [2.24, 2.45) is 11.1 Å². The third kappa shape index (κ3) is 3.48. The zero-order valence-corrected chi connectivity index (χ0v) is 12.5. The van der Waals surface area contributed by atoms with Gasteiger partial charge in [0.15, 0.2) is 0 Å². The first-order chi connectivity index (χ1) is 9.09. The lowest BCUT2D eigenvalue weighted by atomic mass is 9.73. The Bertz CT molecular complexity index is 309. The molecule has 1 atom stereocenters. The Morgan fingerprint density at radius 2 is 2.00 bits per heavy atom. The first kappa shape index (κ1) is 14.8. The molecule has 19 heavy (non-hydrogen) atoms. The Hall–Kier alpha value is -0.610. The molecule has 110 valence electrons. The average molecular weight is 267 g/mol. The van der Waals surface area contributed by atoms with E-state index in [9.17, 15) is 4.79 Å². The minimum absolute atomic E-state index is 0.186. The van der Waals surface area contributed by atoms with Gasteiger partial charge >= 0.3 is 0 Å². The lowest BCUT2D eigenvalue weighted by molar-refractivity contribution is -0.132. The van der Waals surface area contributed by atoms with Crippen LogP contribution in [0.15, 0.2) is 0 Å². The molecule has 2 fully saturated rings. The molecule has 1 amide bonds. The normalized spacial score (nSPS) is 24.2. The van der Waals surface area contributed by atoms with Crippen LogP contribution < -0.4 is 11.1 Å². The topological polar surface area (TPSA) is 58.4 Å². The van der Waals surface area contributed by atoms with Gasteiger partial charge in [0.25, 0.3) is 0 Å². The number of carbonyl (C=O) groups excluding carboxylic acids is 1. The number of nitrogens with zero attached hydrogens (tertiary/aromatic N) is 1.